The molecule has 0 amide bonds. The molecule has 1 aliphatic carbocycles. The monoisotopic (exact) mass is 274 g/mol. The summed E-state index contributed by atoms with van der Waals surface area (Å²) in [6.07, 6.45) is 10.7. The van der Waals surface area contributed by atoms with E-state index in [4.69, 9.17) is 0 Å². The second-order valence-electron chi connectivity index (χ2n) is 6.52. The summed E-state index contributed by atoms with van der Waals surface area (Å²) >= 11 is 0. The van der Waals surface area contributed by atoms with Gasteiger partial charge in [0, 0.05) is 38.6 Å². The van der Waals surface area contributed by atoms with Crippen LogP contribution in [0.25, 0.3) is 0 Å². The number of likely N-dealkylation sites (tertiary alicyclic amines) is 1. The van der Waals surface area contributed by atoms with Gasteiger partial charge in [-0.25, -0.2) is 9.97 Å². The number of likely N-dealkylation sites (N-methyl/N-ethyl adjacent to an activating group) is 1. The third-order valence-corrected chi connectivity index (χ3v) is 4.85. The highest BCUT2D eigenvalue weighted by atomic mass is 15.3. The second kappa shape index (κ2) is 6.08. The summed E-state index contributed by atoms with van der Waals surface area (Å²) in [7, 11) is 2.14. The molecule has 1 atom stereocenters. The molecule has 1 aromatic rings. The summed E-state index contributed by atoms with van der Waals surface area (Å²) in [4.78, 5) is 13.9. The van der Waals surface area contributed by atoms with Gasteiger partial charge in [0.2, 0.25) is 5.95 Å². The summed E-state index contributed by atoms with van der Waals surface area (Å²) in [6, 6.07) is 0.562. The zero-order valence-corrected chi connectivity index (χ0v) is 12.8. The van der Waals surface area contributed by atoms with Gasteiger partial charge >= 0.3 is 0 Å². The lowest BCUT2D eigenvalue weighted by Gasteiger charge is -2.40. The number of rotatable bonds is 4. The fraction of sp³-hybridized carbons (Fsp3) is 0.750. The predicted octanol–water partition coefficient (Wildman–Crippen LogP) is 2.49. The summed E-state index contributed by atoms with van der Waals surface area (Å²) < 4.78 is 0. The van der Waals surface area contributed by atoms with Crippen molar-refractivity contribution in [1.29, 1.82) is 0 Å². The lowest BCUT2D eigenvalue weighted by molar-refractivity contribution is 0.143. The maximum atomic E-state index is 4.46. The van der Waals surface area contributed by atoms with Gasteiger partial charge < -0.3 is 9.80 Å². The largest absolute Gasteiger partial charge is 0.340 e. The molecule has 1 saturated carbocycles. The van der Waals surface area contributed by atoms with E-state index in [1.807, 2.05) is 19.3 Å². The molecule has 3 rings (SSSR count). The average molecular weight is 274 g/mol. The molecule has 20 heavy (non-hydrogen) atoms. The van der Waals surface area contributed by atoms with Gasteiger partial charge in [-0.3, -0.25) is 0 Å². The van der Waals surface area contributed by atoms with Crippen LogP contribution in [0.15, 0.2) is 12.4 Å². The summed E-state index contributed by atoms with van der Waals surface area (Å²) in [6.45, 7) is 5.78. The van der Waals surface area contributed by atoms with Crippen LogP contribution in [-0.2, 0) is 0 Å². The number of aromatic nitrogens is 2. The Morgan fingerprint density at radius 1 is 1.20 bits per heavy atom. The smallest absolute Gasteiger partial charge is 0.225 e. The van der Waals surface area contributed by atoms with E-state index >= 15 is 0 Å². The van der Waals surface area contributed by atoms with E-state index < -0.39 is 0 Å². The van der Waals surface area contributed by atoms with E-state index in [0.717, 1.165) is 17.4 Å². The standard InChI is InChI=1S/C16H26N4/c1-13-9-17-16(18-10-13)19(2)15-7-4-8-20(12-15)11-14-5-3-6-14/h9-10,14-15H,3-8,11-12H2,1-2H3. The molecule has 4 heteroatoms. The molecule has 2 heterocycles. The van der Waals surface area contributed by atoms with Gasteiger partial charge in [-0.1, -0.05) is 6.42 Å². The summed E-state index contributed by atoms with van der Waals surface area (Å²) in [5, 5.41) is 0. The number of anilines is 1. The fourth-order valence-electron chi connectivity index (χ4n) is 3.28. The number of piperidine rings is 1. The van der Waals surface area contributed by atoms with Crippen LogP contribution in [0.4, 0.5) is 5.95 Å². The molecular formula is C16H26N4. The molecule has 2 aliphatic rings. The Kier molecular flexibility index (Phi) is 4.20. The van der Waals surface area contributed by atoms with Crippen molar-refractivity contribution in [3.05, 3.63) is 18.0 Å². The Morgan fingerprint density at radius 2 is 1.95 bits per heavy atom. The number of aryl methyl sites for hydroxylation is 1. The Hall–Kier alpha value is -1.16. The van der Waals surface area contributed by atoms with Crippen molar-refractivity contribution >= 4 is 5.95 Å². The first-order valence-electron chi connectivity index (χ1n) is 7.96. The Morgan fingerprint density at radius 3 is 2.60 bits per heavy atom. The third-order valence-electron chi connectivity index (χ3n) is 4.85. The molecule has 0 N–H and O–H groups in total. The molecule has 1 saturated heterocycles. The molecule has 110 valence electrons. The highest BCUT2D eigenvalue weighted by Gasteiger charge is 2.27. The van der Waals surface area contributed by atoms with Gasteiger partial charge in [0.25, 0.3) is 0 Å². The first-order chi connectivity index (χ1) is 9.72. The molecule has 0 bridgehead atoms. The zero-order valence-electron chi connectivity index (χ0n) is 12.8. The molecule has 1 aliphatic heterocycles. The Labute approximate surface area is 122 Å². The molecule has 0 spiro atoms. The normalized spacial score (nSPS) is 24.4. The minimum Gasteiger partial charge on any atom is -0.340 e. The first kappa shape index (κ1) is 13.8. The summed E-state index contributed by atoms with van der Waals surface area (Å²) in [5.41, 5.74) is 1.12. The minimum atomic E-state index is 0.562. The van der Waals surface area contributed by atoms with Crippen LogP contribution in [0.1, 0.15) is 37.7 Å². The second-order valence-corrected chi connectivity index (χ2v) is 6.52. The minimum absolute atomic E-state index is 0.562. The van der Waals surface area contributed by atoms with Crippen molar-refractivity contribution in [2.75, 3.05) is 31.6 Å². The van der Waals surface area contributed by atoms with Crippen molar-refractivity contribution in [3.63, 3.8) is 0 Å². The van der Waals surface area contributed by atoms with Crippen LogP contribution in [0.5, 0.6) is 0 Å². The number of hydrogen-bond donors (Lipinski definition) is 0. The van der Waals surface area contributed by atoms with Crippen LogP contribution in [-0.4, -0.2) is 47.6 Å². The van der Waals surface area contributed by atoms with E-state index in [1.54, 1.807) is 0 Å². The van der Waals surface area contributed by atoms with Crippen LogP contribution in [0.2, 0.25) is 0 Å². The van der Waals surface area contributed by atoms with Crippen molar-refractivity contribution in [2.24, 2.45) is 5.92 Å². The van der Waals surface area contributed by atoms with E-state index in [2.05, 4.69) is 26.8 Å². The molecule has 0 aromatic carbocycles. The molecule has 4 nitrogen and oxygen atoms in total. The van der Waals surface area contributed by atoms with Gasteiger partial charge in [-0.15, -0.1) is 0 Å². The number of hydrogen-bond acceptors (Lipinski definition) is 4. The van der Waals surface area contributed by atoms with Crippen molar-refractivity contribution in [1.82, 2.24) is 14.9 Å². The first-order valence-corrected chi connectivity index (χ1v) is 7.96. The van der Waals surface area contributed by atoms with Gasteiger partial charge in [0.15, 0.2) is 0 Å². The molecular weight excluding hydrogens is 248 g/mol. The number of nitrogens with zero attached hydrogens (tertiary/aromatic N) is 4. The highest BCUT2D eigenvalue weighted by Crippen LogP contribution is 2.28. The highest BCUT2D eigenvalue weighted by molar-refractivity contribution is 5.30. The van der Waals surface area contributed by atoms with Gasteiger partial charge in [0.1, 0.15) is 0 Å². The molecule has 1 aromatic heterocycles. The van der Waals surface area contributed by atoms with Crippen molar-refractivity contribution in [2.45, 2.75) is 45.1 Å². The van der Waals surface area contributed by atoms with Crippen LogP contribution in [0.3, 0.4) is 0 Å². The average Bonchev–Trinajstić information content (AvgIpc) is 2.43. The van der Waals surface area contributed by atoms with Crippen LogP contribution < -0.4 is 4.90 Å². The van der Waals surface area contributed by atoms with Crippen LogP contribution in [0, 0.1) is 12.8 Å². The van der Waals surface area contributed by atoms with E-state index in [0.29, 0.717) is 6.04 Å². The Balaban J connectivity index is 1.59. The van der Waals surface area contributed by atoms with Gasteiger partial charge in [-0.2, -0.15) is 0 Å². The molecule has 0 radical (unpaired) electrons. The van der Waals surface area contributed by atoms with Crippen molar-refractivity contribution in [3.8, 4) is 0 Å². The molecule has 1 unspecified atom stereocenters. The third kappa shape index (κ3) is 3.11. The van der Waals surface area contributed by atoms with E-state index in [9.17, 15) is 0 Å². The fourth-order valence-corrected chi connectivity index (χ4v) is 3.28. The van der Waals surface area contributed by atoms with Gasteiger partial charge in [0.05, 0.1) is 0 Å². The predicted molar refractivity (Wildman–Crippen MR) is 82.0 cm³/mol. The topological polar surface area (TPSA) is 32.3 Å². The van der Waals surface area contributed by atoms with Crippen molar-refractivity contribution < 1.29 is 0 Å². The van der Waals surface area contributed by atoms with E-state index in [-0.39, 0.29) is 0 Å². The SMILES string of the molecule is Cc1cnc(N(C)C2CCCN(CC3CCC3)C2)nc1. The van der Waals surface area contributed by atoms with E-state index in [1.165, 1.54) is 51.7 Å². The quantitative estimate of drug-likeness (QED) is 0.844. The summed E-state index contributed by atoms with van der Waals surface area (Å²) in [5.74, 6) is 1.83. The lowest BCUT2D eigenvalue weighted by atomic mass is 9.84. The Bertz CT molecular complexity index is 427. The van der Waals surface area contributed by atoms with Crippen LogP contribution >= 0.6 is 0 Å². The zero-order chi connectivity index (χ0) is 13.9. The van der Waals surface area contributed by atoms with Gasteiger partial charge in [-0.05, 0) is 50.6 Å². The lowest BCUT2D eigenvalue weighted by Crippen LogP contribution is -2.48. The molecule has 2 fully saturated rings. The maximum Gasteiger partial charge on any atom is 0.225 e. The maximum absolute atomic E-state index is 4.46.